The van der Waals surface area contributed by atoms with E-state index in [2.05, 4.69) is 10.6 Å². The summed E-state index contributed by atoms with van der Waals surface area (Å²) in [7, 11) is 1.44. The van der Waals surface area contributed by atoms with Crippen LogP contribution in [0.1, 0.15) is 32.9 Å². The molecule has 0 fully saturated rings. The number of halogens is 2. The average molecular weight is 499 g/mol. The summed E-state index contributed by atoms with van der Waals surface area (Å²) in [4.78, 5) is 50.3. The number of ether oxygens (including phenoxy) is 1. The highest BCUT2D eigenvalue weighted by molar-refractivity contribution is 6.05. The van der Waals surface area contributed by atoms with Gasteiger partial charge in [0, 0.05) is 19.7 Å². The van der Waals surface area contributed by atoms with Gasteiger partial charge >= 0.3 is 5.97 Å². The van der Waals surface area contributed by atoms with E-state index in [0.29, 0.717) is 17.5 Å². The molecule has 3 aromatic rings. The molecular formula is C25H23F2N3O6. The first-order valence-electron chi connectivity index (χ1n) is 10.8. The van der Waals surface area contributed by atoms with Gasteiger partial charge in [-0.3, -0.25) is 19.2 Å². The van der Waals surface area contributed by atoms with E-state index in [1.54, 1.807) is 36.4 Å². The van der Waals surface area contributed by atoms with E-state index in [9.17, 15) is 28.0 Å². The Kier molecular flexibility index (Phi) is 8.87. The topological polar surface area (TPSA) is 118 Å². The molecule has 36 heavy (non-hydrogen) atoms. The predicted molar refractivity (Wildman–Crippen MR) is 124 cm³/mol. The molecular weight excluding hydrogens is 476 g/mol. The van der Waals surface area contributed by atoms with Crippen molar-refractivity contribution in [1.82, 2.24) is 10.6 Å². The van der Waals surface area contributed by atoms with Crippen LogP contribution in [0.15, 0.2) is 65.3 Å². The molecule has 2 aromatic carbocycles. The van der Waals surface area contributed by atoms with E-state index < -0.39 is 41.9 Å². The third-order valence-corrected chi connectivity index (χ3v) is 5.03. The molecule has 0 saturated heterocycles. The molecule has 3 rings (SSSR count). The second-order valence-electron chi connectivity index (χ2n) is 7.52. The first-order valence-corrected chi connectivity index (χ1v) is 10.8. The monoisotopic (exact) mass is 499 g/mol. The van der Waals surface area contributed by atoms with E-state index in [-0.39, 0.29) is 30.6 Å². The summed E-state index contributed by atoms with van der Waals surface area (Å²) >= 11 is 0. The minimum Gasteiger partial charge on any atom is -0.467 e. The fourth-order valence-corrected chi connectivity index (χ4v) is 3.13. The Morgan fingerprint density at radius 3 is 2.42 bits per heavy atom. The second-order valence-corrected chi connectivity index (χ2v) is 7.52. The Morgan fingerprint density at radius 2 is 1.69 bits per heavy atom. The van der Waals surface area contributed by atoms with Gasteiger partial charge in [0.05, 0.1) is 36.0 Å². The molecule has 0 radical (unpaired) electrons. The summed E-state index contributed by atoms with van der Waals surface area (Å²) in [5.74, 6) is -3.90. The van der Waals surface area contributed by atoms with Crippen LogP contribution >= 0.6 is 0 Å². The van der Waals surface area contributed by atoms with E-state index >= 15 is 0 Å². The molecule has 0 aliphatic heterocycles. The Bertz CT molecular complexity index is 1250. The number of anilines is 1. The third-order valence-electron chi connectivity index (χ3n) is 5.03. The molecule has 11 heteroatoms. The number of nitrogens with zero attached hydrogens (tertiary/aromatic N) is 1. The van der Waals surface area contributed by atoms with Crippen LogP contribution in [0.2, 0.25) is 0 Å². The standard InChI is InChI=1S/C25H23F2N3O6/c1-30(21-7-3-2-6-19(21)25(34)29-14-17-5-4-12-35-17)22(31)15-36-23(32)10-11-28-24(33)18-9-8-16(26)13-20(18)27/h2-9,12-13H,10-11,14-15H2,1H3,(H,28,33)(H,29,34). The van der Waals surface area contributed by atoms with Crippen molar-refractivity contribution >= 4 is 29.4 Å². The van der Waals surface area contributed by atoms with Crippen molar-refractivity contribution in [3.63, 3.8) is 0 Å². The van der Waals surface area contributed by atoms with Gasteiger partial charge in [0.1, 0.15) is 17.4 Å². The SMILES string of the molecule is CN(C(=O)COC(=O)CCNC(=O)c1ccc(F)cc1F)c1ccccc1C(=O)NCc1ccco1. The number of esters is 1. The lowest BCUT2D eigenvalue weighted by molar-refractivity contribution is -0.147. The van der Waals surface area contributed by atoms with Gasteiger partial charge in [-0.2, -0.15) is 0 Å². The maximum atomic E-state index is 13.6. The van der Waals surface area contributed by atoms with Gasteiger partial charge in [0.2, 0.25) is 0 Å². The zero-order chi connectivity index (χ0) is 26.1. The molecule has 2 N–H and O–H groups in total. The molecule has 188 valence electrons. The quantitative estimate of drug-likeness (QED) is 0.414. The molecule has 0 aliphatic rings. The van der Waals surface area contributed by atoms with Crippen molar-refractivity contribution in [1.29, 1.82) is 0 Å². The first kappa shape index (κ1) is 26.1. The fraction of sp³-hybridized carbons (Fsp3) is 0.200. The van der Waals surface area contributed by atoms with Crippen molar-refractivity contribution in [2.75, 3.05) is 25.1 Å². The molecule has 0 saturated carbocycles. The summed E-state index contributed by atoms with van der Waals surface area (Å²) in [5, 5.41) is 5.02. The van der Waals surface area contributed by atoms with Crippen LogP contribution in [-0.2, 0) is 20.9 Å². The Balaban J connectivity index is 1.47. The van der Waals surface area contributed by atoms with Crippen molar-refractivity contribution in [3.05, 3.63) is 89.4 Å². The number of likely N-dealkylation sites (N-methyl/N-ethyl adjacent to an activating group) is 1. The average Bonchev–Trinajstić information content (AvgIpc) is 3.39. The van der Waals surface area contributed by atoms with Gasteiger partial charge in [0.25, 0.3) is 17.7 Å². The van der Waals surface area contributed by atoms with Crippen LogP contribution in [0.4, 0.5) is 14.5 Å². The zero-order valence-electron chi connectivity index (χ0n) is 19.3. The molecule has 1 aromatic heterocycles. The summed E-state index contributed by atoms with van der Waals surface area (Å²) < 4.78 is 36.7. The Morgan fingerprint density at radius 1 is 0.944 bits per heavy atom. The fourth-order valence-electron chi connectivity index (χ4n) is 3.13. The number of rotatable bonds is 10. The van der Waals surface area contributed by atoms with Gasteiger partial charge in [-0.1, -0.05) is 12.1 Å². The van der Waals surface area contributed by atoms with Crippen LogP contribution in [0.5, 0.6) is 0 Å². The lowest BCUT2D eigenvalue weighted by Crippen LogP contribution is -2.34. The minimum absolute atomic E-state index is 0.166. The first-order chi connectivity index (χ1) is 17.3. The largest absolute Gasteiger partial charge is 0.467 e. The summed E-state index contributed by atoms with van der Waals surface area (Å²) in [5.41, 5.74) is 0.180. The van der Waals surface area contributed by atoms with Gasteiger partial charge in [-0.05, 0) is 36.4 Å². The van der Waals surface area contributed by atoms with Crippen LogP contribution in [-0.4, -0.2) is 43.9 Å². The number of furan rings is 1. The van der Waals surface area contributed by atoms with Gasteiger partial charge in [-0.15, -0.1) is 0 Å². The van der Waals surface area contributed by atoms with Crippen molar-refractivity contribution < 1.29 is 37.1 Å². The maximum absolute atomic E-state index is 13.6. The molecule has 9 nitrogen and oxygen atoms in total. The minimum atomic E-state index is -1.03. The van der Waals surface area contributed by atoms with Crippen molar-refractivity contribution in [2.45, 2.75) is 13.0 Å². The van der Waals surface area contributed by atoms with E-state index in [1.807, 2.05) is 0 Å². The predicted octanol–water partition coefficient (Wildman–Crippen LogP) is 2.81. The number of para-hydroxylation sites is 1. The van der Waals surface area contributed by atoms with E-state index in [4.69, 9.17) is 9.15 Å². The molecule has 0 unspecified atom stereocenters. The van der Waals surface area contributed by atoms with Gasteiger partial charge < -0.3 is 24.7 Å². The zero-order valence-corrected chi connectivity index (χ0v) is 19.3. The molecule has 0 bridgehead atoms. The highest BCUT2D eigenvalue weighted by atomic mass is 19.1. The highest BCUT2D eigenvalue weighted by Gasteiger charge is 2.20. The van der Waals surface area contributed by atoms with Crippen LogP contribution in [0.25, 0.3) is 0 Å². The van der Waals surface area contributed by atoms with Crippen LogP contribution in [0.3, 0.4) is 0 Å². The molecule has 0 atom stereocenters. The van der Waals surface area contributed by atoms with Crippen molar-refractivity contribution in [3.8, 4) is 0 Å². The number of benzene rings is 2. The summed E-state index contributed by atoms with van der Waals surface area (Å²) in [6, 6.07) is 12.3. The van der Waals surface area contributed by atoms with E-state index in [0.717, 1.165) is 12.1 Å². The molecule has 1 heterocycles. The Hall–Kier alpha value is -4.54. The normalized spacial score (nSPS) is 10.4. The number of hydrogen-bond donors (Lipinski definition) is 2. The maximum Gasteiger partial charge on any atom is 0.308 e. The summed E-state index contributed by atoms with van der Waals surface area (Å²) in [6.07, 6.45) is 1.21. The number of carbonyl (C=O) groups is 4. The third kappa shape index (κ3) is 6.98. The summed E-state index contributed by atoms with van der Waals surface area (Å²) in [6.45, 7) is -0.616. The highest BCUT2D eigenvalue weighted by Crippen LogP contribution is 2.19. The Labute approximate surface area is 205 Å². The van der Waals surface area contributed by atoms with Gasteiger partial charge in [0.15, 0.2) is 6.61 Å². The number of hydrogen-bond acceptors (Lipinski definition) is 6. The van der Waals surface area contributed by atoms with Crippen molar-refractivity contribution in [2.24, 2.45) is 0 Å². The van der Waals surface area contributed by atoms with Crippen LogP contribution < -0.4 is 15.5 Å². The molecule has 0 spiro atoms. The van der Waals surface area contributed by atoms with Gasteiger partial charge in [-0.25, -0.2) is 8.78 Å². The molecule has 3 amide bonds. The lowest BCUT2D eigenvalue weighted by atomic mass is 10.1. The lowest BCUT2D eigenvalue weighted by Gasteiger charge is -2.20. The van der Waals surface area contributed by atoms with Crippen LogP contribution in [0, 0.1) is 11.6 Å². The molecule has 0 aliphatic carbocycles. The number of nitrogens with one attached hydrogen (secondary N) is 2. The number of amides is 3. The second kappa shape index (κ2) is 12.2. The number of carbonyl (C=O) groups excluding carboxylic acids is 4. The van der Waals surface area contributed by atoms with E-state index in [1.165, 1.54) is 18.2 Å². The smallest absolute Gasteiger partial charge is 0.308 e.